The van der Waals surface area contributed by atoms with Crippen molar-refractivity contribution in [3.8, 4) is 5.75 Å². The van der Waals surface area contributed by atoms with Gasteiger partial charge in [0.25, 0.3) is 11.8 Å². The molecule has 7 nitrogen and oxygen atoms in total. The minimum absolute atomic E-state index is 0.232. The van der Waals surface area contributed by atoms with Crippen LogP contribution in [0.4, 0.5) is 11.4 Å². The van der Waals surface area contributed by atoms with Gasteiger partial charge in [0.2, 0.25) is 0 Å². The monoisotopic (exact) mass is 322 g/mol. The summed E-state index contributed by atoms with van der Waals surface area (Å²) >= 11 is 0. The van der Waals surface area contributed by atoms with Crippen LogP contribution in [0.3, 0.4) is 0 Å². The van der Waals surface area contributed by atoms with Gasteiger partial charge >= 0.3 is 0 Å². The van der Waals surface area contributed by atoms with Gasteiger partial charge in [0.05, 0.1) is 23.0 Å². The normalized spacial score (nSPS) is 16.2. The molecule has 1 atom stereocenters. The molecule has 1 aliphatic rings. The largest absolute Gasteiger partial charge is 0.478 e. The number of para-hydroxylation sites is 1. The SMILES string of the molecule is CC1Oc2c(cccc2C(=O)Nc2ccc3cn[nH]c3c2)NC1=O. The van der Waals surface area contributed by atoms with Crippen LogP contribution in [0.15, 0.2) is 42.6 Å². The van der Waals surface area contributed by atoms with Crippen molar-refractivity contribution in [3.63, 3.8) is 0 Å². The highest BCUT2D eigenvalue weighted by Crippen LogP contribution is 2.33. The second-order valence-corrected chi connectivity index (χ2v) is 5.56. The lowest BCUT2D eigenvalue weighted by atomic mass is 10.1. The number of nitrogens with one attached hydrogen (secondary N) is 3. The van der Waals surface area contributed by atoms with Crippen molar-refractivity contribution >= 4 is 34.1 Å². The van der Waals surface area contributed by atoms with Crippen LogP contribution >= 0.6 is 0 Å². The molecule has 0 aliphatic carbocycles. The number of aromatic amines is 1. The Labute approximate surface area is 137 Å². The zero-order valence-electron chi connectivity index (χ0n) is 12.8. The molecule has 2 amide bonds. The Morgan fingerprint density at radius 1 is 1.29 bits per heavy atom. The highest BCUT2D eigenvalue weighted by Gasteiger charge is 2.27. The number of amides is 2. The van der Waals surface area contributed by atoms with E-state index in [1.165, 1.54) is 0 Å². The van der Waals surface area contributed by atoms with Crippen molar-refractivity contribution in [2.45, 2.75) is 13.0 Å². The van der Waals surface area contributed by atoms with E-state index in [1.807, 2.05) is 6.07 Å². The third-order valence-electron chi connectivity index (χ3n) is 3.88. The molecule has 0 bridgehead atoms. The van der Waals surface area contributed by atoms with Gasteiger partial charge in [-0.25, -0.2) is 0 Å². The second kappa shape index (κ2) is 5.38. The van der Waals surface area contributed by atoms with Crippen LogP contribution in [0.5, 0.6) is 5.75 Å². The molecule has 0 spiro atoms. The Bertz CT molecular complexity index is 963. The van der Waals surface area contributed by atoms with Crippen molar-refractivity contribution in [3.05, 3.63) is 48.2 Å². The molecule has 1 unspecified atom stereocenters. The number of rotatable bonds is 2. The molecule has 1 aliphatic heterocycles. The van der Waals surface area contributed by atoms with E-state index in [0.717, 1.165) is 10.9 Å². The third kappa shape index (κ3) is 2.36. The van der Waals surface area contributed by atoms with Gasteiger partial charge in [0, 0.05) is 11.1 Å². The van der Waals surface area contributed by atoms with Crippen LogP contribution in [-0.2, 0) is 4.79 Å². The Hall–Kier alpha value is -3.35. The van der Waals surface area contributed by atoms with Gasteiger partial charge in [-0.15, -0.1) is 0 Å². The average Bonchev–Trinajstić information content (AvgIpc) is 3.03. The molecule has 120 valence electrons. The first-order chi connectivity index (χ1) is 11.6. The fourth-order valence-corrected chi connectivity index (χ4v) is 2.62. The molecule has 4 rings (SSSR count). The number of aromatic nitrogens is 2. The van der Waals surface area contributed by atoms with Gasteiger partial charge in [-0.2, -0.15) is 5.10 Å². The summed E-state index contributed by atoms with van der Waals surface area (Å²) in [5, 5.41) is 13.3. The lowest BCUT2D eigenvalue weighted by Crippen LogP contribution is -2.35. The third-order valence-corrected chi connectivity index (χ3v) is 3.88. The Balaban J connectivity index is 1.65. The van der Waals surface area contributed by atoms with E-state index in [-0.39, 0.29) is 11.8 Å². The van der Waals surface area contributed by atoms with Crippen molar-refractivity contribution in [2.24, 2.45) is 0 Å². The number of ether oxygens (including phenoxy) is 1. The van der Waals surface area contributed by atoms with Gasteiger partial charge in [-0.05, 0) is 37.3 Å². The molecular formula is C17H14N4O3. The quantitative estimate of drug-likeness (QED) is 0.675. The Morgan fingerprint density at radius 3 is 3.04 bits per heavy atom. The molecular weight excluding hydrogens is 308 g/mol. The second-order valence-electron chi connectivity index (χ2n) is 5.56. The summed E-state index contributed by atoms with van der Waals surface area (Å²) in [4.78, 5) is 24.3. The van der Waals surface area contributed by atoms with Crippen LogP contribution in [-0.4, -0.2) is 28.1 Å². The predicted octanol–water partition coefficient (Wildman–Crippen LogP) is 2.53. The van der Waals surface area contributed by atoms with E-state index in [1.54, 1.807) is 43.5 Å². The minimum atomic E-state index is -0.646. The summed E-state index contributed by atoms with van der Waals surface area (Å²) in [7, 11) is 0. The summed E-state index contributed by atoms with van der Waals surface area (Å²) in [6, 6.07) is 10.5. The van der Waals surface area contributed by atoms with Crippen LogP contribution in [0.2, 0.25) is 0 Å². The molecule has 2 aromatic carbocycles. The number of nitrogens with zero attached hydrogens (tertiary/aromatic N) is 1. The van der Waals surface area contributed by atoms with Crippen molar-refractivity contribution in [2.75, 3.05) is 10.6 Å². The van der Waals surface area contributed by atoms with Crippen LogP contribution in [0.25, 0.3) is 10.9 Å². The molecule has 0 saturated carbocycles. The van der Waals surface area contributed by atoms with Gasteiger partial charge in [-0.3, -0.25) is 14.7 Å². The highest BCUT2D eigenvalue weighted by molar-refractivity contribution is 6.09. The van der Waals surface area contributed by atoms with Crippen LogP contribution in [0.1, 0.15) is 17.3 Å². The number of hydrogen-bond donors (Lipinski definition) is 3. The lowest BCUT2D eigenvalue weighted by Gasteiger charge is -2.25. The standard InChI is InChI=1S/C17H14N4O3/c1-9-16(22)20-13-4-2-3-12(15(13)24-9)17(23)19-11-6-5-10-8-18-21-14(10)7-11/h2-9H,1H3,(H,18,21)(H,19,23)(H,20,22). The number of anilines is 2. The Kier molecular flexibility index (Phi) is 3.19. The van der Waals surface area contributed by atoms with Crippen LogP contribution < -0.4 is 15.4 Å². The first kappa shape index (κ1) is 14.3. The molecule has 7 heteroatoms. The molecule has 24 heavy (non-hydrogen) atoms. The fourth-order valence-electron chi connectivity index (χ4n) is 2.62. The maximum Gasteiger partial charge on any atom is 0.265 e. The Morgan fingerprint density at radius 2 is 2.17 bits per heavy atom. The zero-order valence-corrected chi connectivity index (χ0v) is 12.8. The first-order valence-corrected chi connectivity index (χ1v) is 7.47. The number of fused-ring (bicyclic) bond motifs is 2. The molecule has 1 aromatic heterocycles. The van der Waals surface area contributed by atoms with Crippen molar-refractivity contribution in [1.82, 2.24) is 10.2 Å². The van der Waals surface area contributed by atoms with E-state index in [4.69, 9.17) is 4.74 Å². The topological polar surface area (TPSA) is 96.1 Å². The van der Waals surface area contributed by atoms with Crippen LogP contribution in [0, 0.1) is 0 Å². The summed E-state index contributed by atoms with van der Waals surface area (Å²) in [6.45, 7) is 1.64. The van der Waals surface area contributed by atoms with Gasteiger partial charge in [0.1, 0.15) is 0 Å². The fraction of sp³-hybridized carbons (Fsp3) is 0.118. The first-order valence-electron chi connectivity index (χ1n) is 7.47. The minimum Gasteiger partial charge on any atom is -0.478 e. The molecule has 2 heterocycles. The number of carbonyl (C=O) groups excluding carboxylic acids is 2. The molecule has 3 aromatic rings. The maximum atomic E-state index is 12.6. The van der Waals surface area contributed by atoms with Crippen molar-refractivity contribution in [1.29, 1.82) is 0 Å². The van der Waals surface area contributed by atoms with Gasteiger partial charge < -0.3 is 15.4 Å². The van der Waals surface area contributed by atoms with E-state index in [0.29, 0.717) is 22.7 Å². The maximum absolute atomic E-state index is 12.6. The average molecular weight is 322 g/mol. The zero-order chi connectivity index (χ0) is 16.7. The molecule has 0 fully saturated rings. The van der Waals surface area contributed by atoms with E-state index in [2.05, 4.69) is 20.8 Å². The molecule has 0 radical (unpaired) electrons. The molecule has 3 N–H and O–H groups in total. The smallest absolute Gasteiger partial charge is 0.265 e. The highest BCUT2D eigenvalue weighted by atomic mass is 16.5. The van der Waals surface area contributed by atoms with E-state index in [9.17, 15) is 9.59 Å². The summed E-state index contributed by atoms with van der Waals surface area (Å²) in [6.07, 6.45) is 1.07. The predicted molar refractivity (Wildman–Crippen MR) is 89.2 cm³/mol. The lowest BCUT2D eigenvalue weighted by molar-refractivity contribution is -0.122. The van der Waals surface area contributed by atoms with Gasteiger partial charge in [-0.1, -0.05) is 6.07 Å². The van der Waals surface area contributed by atoms with E-state index < -0.39 is 6.10 Å². The number of hydrogen-bond acceptors (Lipinski definition) is 4. The summed E-state index contributed by atoms with van der Waals surface area (Å²) < 4.78 is 5.60. The number of carbonyl (C=O) groups is 2. The number of benzene rings is 2. The summed E-state index contributed by atoms with van der Waals surface area (Å²) in [5.41, 5.74) is 2.33. The van der Waals surface area contributed by atoms with Crippen molar-refractivity contribution < 1.29 is 14.3 Å². The summed E-state index contributed by atoms with van der Waals surface area (Å²) in [5.74, 6) is -0.163. The van der Waals surface area contributed by atoms with E-state index >= 15 is 0 Å². The number of H-pyrrole nitrogens is 1. The van der Waals surface area contributed by atoms with Gasteiger partial charge in [0.15, 0.2) is 11.9 Å². The molecule has 0 saturated heterocycles.